The Hall–Kier alpha value is -3.87. The minimum Gasteiger partial charge on any atom is -0.490 e. The van der Waals surface area contributed by atoms with Crippen LogP contribution in [0.2, 0.25) is 0 Å². The molecule has 4 aromatic rings. The zero-order chi connectivity index (χ0) is 23.7. The zero-order valence-electron chi connectivity index (χ0n) is 19.6. The summed E-state index contributed by atoms with van der Waals surface area (Å²) in [5.41, 5.74) is 5.44. The number of aromatic nitrogens is 2. The Kier molecular flexibility index (Phi) is 5.92. The number of hydrogen-bond donors (Lipinski definition) is 0. The van der Waals surface area contributed by atoms with Crippen molar-refractivity contribution in [2.45, 2.75) is 33.7 Å². The number of carbonyl (C=O) groups is 1. The molecular formula is C27H27N3O4. The fourth-order valence-corrected chi connectivity index (χ4v) is 4.46. The first-order chi connectivity index (χ1) is 16.6. The Morgan fingerprint density at radius 1 is 1.03 bits per heavy atom. The number of pyridine rings is 1. The Labute approximate surface area is 198 Å². The largest absolute Gasteiger partial charge is 0.490 e. The van der Waals surface area contributed by atoms with Crippen molar-refractivity contribution in [3.05, 3.63) is 70.9 Å². The van der Waals surface area contributed by atoms with Gasteiger partial charge in [0.1, 0.15) is 0 Å². The third-order valence-corrected chi connectivity index (χ3v) is 6.08. The van der Waals surface area contributed by atoms with Crippen molar-refractivity contribution in [1.29, 1.82) is 0 Å². The van der Waals surface area contributed by atoms with Gasteiger partial charge < -0.3 is 18.9 Å². The molecule has 1 aliphatic heterocycles. The highest BCUT2D eigenvalue weighted by atomic mass is 16.5. The molecule has 1 amide bonds. The highest BCUT2D eigenvalue weighted by Crippen LogP contribution is 2.35. The van der Waals surface area contributed by atoms with Gasteiger partial charge in [-0.15, -0.1) is 0 Å². The van der Waals surface area contributed by atoms with Crippen molar-refractivity contribution in [2.24, 2.45) is 0 Å². The number of carbonyl (C=O) groups excluding carboxylic acids is 1. The van der Waals surface area contributed by atoms with Crippen LogP contribution in [-0.4, -0.2) is 40.7 Å². The van der Waals surface area contributed by atoms with Crippen LogP contribution >= 0.6 is 0 Å². The van der Waals surface area contributed by atoms with Crippen LogP contribution in [0.25, 0.3) is 22.4 Å². The maximum absolute atomic E-state index is 13.8. The molecule has 0 radical (unpaired) electrons. The Bertz CT molecular complexity index is 1350. The van der Waals surface area contributed by atoms with Crippen LogP contribution in [0.4, 0.5) is 0 Å². The van der Waals surface area contributed by atoms with Gasteiger partial charge in [-0.25, -0.2) is 4.98 Å². The molecule has 0 saturated carbocycles. The molecule has 34 heavy (non-hydrogen) atoms. The van der Waals surface area contributed by atoms with Crippen molar-refractivity contribution < 1.29 is 18.8 Å². The summed E-state index contributed by atoms with van der Waals surface area (Å²) in [6, 6.07) is 15.7. The van der Waals surface area contributed by atoms with E-state index in [2.05, 4.69) is 10.1 Å². The number of benzene rings is 2. The summed E-state index contributed by atoms with van der Waals surface area (Å²) in [7, 11) is 0. The van der Waals surface area contributed by atoms with E-state index in [1.54, 1.807) is 0 Å². The molecule has 174 valence electrons. The fraction of sp³-hybridized carbons (Fsp3) is 0.296. The lowest BCUT2D eigenvalue weighted by molar-refractivity contribution is 0.0736. The second-order valence-electron chi connectivity index (χ2n) is 8.28. The smallest absolute Gasteiger partial charge is 0.259 e. The molecule has 0 aliphatic carbocycles. The van der Waals surface area contributed by atoms with Crippen LogP contribution in [0.5, 0.6) is 11.5 Å². The van der Waals surface area contributed by atoms with Gasteiger partial charge >= 0.3 is 0 Å². The van der Waals surface area contributed by atoms with Crippen LogP contribution in [-0.2, 0) is 13.0 Å². The van der Waals surface area contributed by atoms with E-state index in [1.807, 2.05) is 74.2 Å². The fourth-order valence-electron chi connectivity index (χ4n) is 4.46. The van der Waals surface area contributed by atoms with Crippen LogP contribution < -0.4 is 9.47 Å². The van der Waals surface area contributed by atoms with Gasteiger partial charge in [0, 0.05) is 18.7 Å². The van der Waals surface area contributed by atoms with Crippen LogP contribution in [0.3, 0.4) is 0 Å². The molecule has 0 saturated heterocycles. The molecule has 0 spiro atoms. The third-order valence-electron chi connectivity index (χ3n) is 6.08. The average molecular weight is 458 g/mol. The monoisotopic (exact) mass is 457 g/mol. The number of hydrogen-bond acceptors (Lipinski definition) is 6. The van der Waals surface area contributed by atoms with Gasteiger partial charge in [0.15, 0.2) is 11.5 Å². The highest BCUT2D eigenvalue weighted by molar-refractivity contribution is 6.07. The summed E-state index contributed by atoms with van der Waals surface area (Å²) in [6.07, 6.45) is 0.746. The summed E-state index contributed by atoms with van der Waals surface area (Å²) in [6.45, 7) is 7.97. The Balaban J connectivity index is 1.52. The highest BCUT2D eigenvalue weighted by Gasteiger charge is 2.27. The average Bonchev–Trinajstić information content (AvgIpc) is 3.24. The minimum atomic E-state index is -0.0617. The van der Waals surface area contributed by atoms with Crippen molar-refractivity contribution in [2.75, 3.05) is 19.8 Å². The predicted molar refractivity (Wildman–Crippen MR) is 129 cm³/mol. The Morgan fingerprint density at radius 2 is 1.74 bits per heavy atom. The zero-order valence-corrected chi connectivity index (χ0v) is 19.6. The SMILES string of the molecule is CCOc1cc2c(cc1OCC)CN(C(=O)c1cc(-c3ccccc3)nc3onc(C)c13)CC2. The quantitative estimate of drug-likeness (QED) is 0.396. The number of rotatable bonds is 6. The molecule has 0 atom stereocenters. The van der Waals surface area contributed by atoms with Crippen molar-refractivity contribution in [1.82, 2.24) is 15.0 Å². The van der Waals surface area contributed by atoms with Crippen molar-refractivity contribution in [3.8, 4) is 22.8 Å². The molecule has 0 unspecified atom stereocenters. The minimum absolute atomic E-state index is 0.0617. The second-order valence-corrected chi connectivity index (χ2v) is 8.28. The molecule has 2 aromatic heterocycles. The van der Waals surface area contributed by atoms with E-state index in [0.717, 1.165) is 23.3 Å². The van der Waals surface area contributed by atoms with E-state index >= 15 is 0 Å². The molecule has 0 fully saturated rings. The number of nitrogens with zero attached hydrogens (tertiary/aromatic N) is 3. The number of fused-ring (bicyclic) bond motifs is 2. The van der Waals surface area contributed by atoms with E-state index in [-0.39, 0.29) is 5.91 Å². The molecule has 5 rings (SSSR count). The van der Waals surface area contributed by atoms with Gasteiger partial charge in [-0.2, -0.15) is 0 Å². The van der Waals surface area contributed by atoms with Gasteiger partial charge in [-0.05, 0) is 56.5 Å². The van der Waals surface area contributed by atoms with E-state index in [9.17, 15) is 4.79 Å². The second kappa shape index (κ2) is 9.17. The topological polar surface area (TPSA) is 77.7 Å². The summed E-state index contributed by atoms with van der Waals surface area (Å²) in [5, 5.41) is 4.74. The molecule has 3 heterocycles. The molecule has 7 heteroatoms. The molecule has 0 N–H and O–H groups in total. The first-order valence-electron chi connectivity index (χ1n) is 11.6. The molecule has 7 nitrogen and oxygen atoms in total. The van der Waals surface area contributed by atoms with Crippen LogP contribution in [0.15, 0.2) is 53.1 Å². The number of amides is 1. The maximum atomic E-state index is 13.8. The summed E-state index contributed by atoms with van der Waals surface area (Å²) >= 11 is 0. The van der Waals surface area contributed by atoms with Crippen LogP contribution in [0.1, 0.15) is 41.0 Å². The van der Waals surface area contributed by atoms with Crippen molar-refractivity contribution in [3.63, 3.8) is 0 Å². The van der Waals surface area contributed by atoms with E-state index in [1.165, 1.54) is 5.56 Å². The molecular weight excluding hydrogens is 430 g/mol. The first-order valence-corrected chi connectivity index (χ1v) is 11.6. The summed E-state index contributed by atoms with van der Waals surface area (Å²) < 4.78 is 17.0. The lowest BCUT2D eigenvalue weighted by Crippen LogP contribution is -2.36. The normalized spacial score (nSPS) is 13.1. The molecule has 2 aromatic carbocycles. The van der Waals surface area contributed by atoms with Gasteiger partial charge in [0.25, 0.3) is 11.6 Å². The van der Waals surface area contributed by atoms with Crippen molar-refractivity contribution >= 4 is 17.0 Å². The lowest BCUT2D eigenvalue weighted by Gasteiger charge is -2.30. The third kappa shape index (κ3) is 3.98. The maximum Gasteiger partial charge on any atom is 0.259 e. The van der Waals surface area contributed by atoms with E-state index in [4.69, 9.17) is 14.0 Å². The van der Waals surface area contributed by atoms with Gasteiger partial charge in [0.05, 0.1) is 35.6 Å². The van der Waals surface area contributed by atoms with Gasteiger partial charge in [-0.3, -0.25) is 4.79 Å². The molecule has 0 bridgehead atoms. The van der Waals surface area contributed by atoms with E-state index < -0.39 is 0 Å². The standard InChI is InChI=1S/C27H27N3O4/c1-4-32-23-13-19-11-12-30(16-20(19)14-24(23)33-5-2)27(31)21-15-22(18-9-7-6-8-10-18)28-26-25(21)17(3)29-34-26/h6-10,13-15H,4-5,11-12,16H2,1-3H3. The summed E-state index contributed by atoms with van der Waals surface area (Å²) in [4.78, 5) is 20.3. The Morgan fingerprint density at radius 3 is 2.44 bits per heavy atom. The van der Waals surface area contributed by atoms with Gasteiger partial charge in [-0.1, -0.05) is 35.5 Å². The summed E-state index contributed by atoms with van der Waals surface area (Å²) in [5.74, 6) is 1.41. The predicted octanol–water partition coefficient (Wildman–Crippen LogP) is 5.19. The lowest BCUT2D eigenvalue weighted by atomic mass is 9.97. The van der Waals surface area contributed by atoms with E-state index in [0.29, 0.717) is 60.1 Å². The first kappa shape index (κ1) is 21.9. The number of ether oxygens (including phenoxy) is 2. The van der Waals surface area contributed by atoms with Gasteiger partial charge in [0.2, 0.25) is 0 Å². The molecule has 1 aliphatic rings. The number of aryl methyl sites for hydroxylation is 1. The van der Waals surface area contributed by atoms with Crippen LogP contribution in [0, 0.1) is 6.92 Å².